The summed E-state index contributed by atoms with van der Waals surface area (Å²) in [7, 11) is 0. The van der Waals surface area contributed by atoms with E-state index in [0.717, 1.165) is 11.8 Å². The van der Waals surface area contributed by atoms with Gasteiger partial charge in [-0.15, -0.1) is 0 Å². The molecular weight excluding hydrogens is 228 g/mol. The van der Waals surface area contributed by atoms with Crippen molar-refractivity contribution < 1.29 is 0 Å². The first-order valence-corrected chi connectivity index (χ1v) is 7.34. The molecule has 0 amide bonds. The van der Waals surface area contributed by atoms with Crippen LogP contribution in [0.4, 0.5) is 0 Å². The molecule has 5 rings (SSSR count). The average molecular weight is 248 g/mol. The summed E-state index contributed by atoms with van der Waals surface area (Å²) >= 11 is 0. The van der Waals surface area contributed by atoms with Crippen LogP contribution in [0.15, 0.2) is 48.5 Å². The molecule has 2 bridgehead atoms. The van der Waals surface area contributed by atoms with Gasteiger partial charge in [0.25, 0.3) is 0 Å². The Morgan fingerprint density at radius 1 is 0.947 bits per heavy atom. The topological polar surface area (TPSA) is 0 Å². The Balaban J connectivity index is 1.78. The van der Waals surface area contributed by atoms with Crippen LogP contribution in [0.2, 0.25) is 0 Å². The highest BCUT2D eigenvalue weighted by Crippen LogP contribution is 2.62. The summed E-state index contributed by atoms with van der Waals surface area (Å²) in [6.07, 6.45) is 2.68. The van der Waals surface area contributed by atoms with Gasteiger partial charge in [-0.05, 0) is 52.3 Å². The molecule has 0 spiro atoms. The van der Waals surface area contributed by atoms with Crippen molar-refractivity contribution in [3.63, 3.8) is 0 Å². The monoisotopic (exact) mass is 248 g/mol. The Kier molecular flexibility index (Phi) is 2.21. The van der Waals surface area contributed by atoms with Crippen LogP contribution in [-0.2, 0) is 6.42 Å². The Morgan fingerprint density at radius 2 is 1.74 bits per heavy atom. The smallest absolute Gasteiger partial charge is 0.0102 e. The van der Waals surface area contributed by atoms with E-state index in [1.54, 1.807) is 11.1 Å². The molecule has 0 N–H and O–H groups in total. The highest BCUT2D eigenvalue weighted by atomic mass is 14.6. The lowest BCUT2D eigenvalue weighted by molar-refractivity contribution is 0.0186. The first-order chi connectivity index (χ1) is 9.16. The molecule has 3 aliphatic carbocycles. The molecule has 0 aromatic heterocycles. The van der Waals surface area contributed by atoms with Gasteiger partial charge in [-0.2, -0.15) is 0 Å². The zero-order valence-corrected chi connectivity index (χ0v) is 11.7. The van der Waals surface area contributed by atoms with Gasteiger partial charge in [-0.3, -0.25) is 0 Å². The molecule has 0 nitrogen and oxygen atoms in total. The predicted octanol–water partition coefficient (Wildman–Crippen LogP) is 5.04. The maximum atomic E-state index is 2.44. The second-order valence-corrected chi connectivity index (χ2v) is 6.79. The van der Waals surface area contributed by atoms with Gasteiger partial charge >= 0.3 is 0 Å². The van der Waals surface area contributed by atoms with Gasteiger partial charge in [0, 0.05) is 0 Å². The second-order valence-electron chi connectivity index (χ2n) is 6.79. The van der Waals surface area contributed by atoms with Crippen molar-refractivity contribution in [1.82, 2.24) is 0 Å². The molecule has 0 aliphatic heterocycles. The van der Waals surface area contributed by atoms with Crippen LogP contribution in [0.25, 0.3) is 11.1 Å². The molecule has 96 valence electrons. The second kappa shape index (κ2) is 3.72. The van der Waals surface area contributed by atoms with Gasteiger partial charge in [0.05, 0.1) is 0 Å². The quantitative estimate of drug-likeness (QED) is 0.663. The molecule has 2 aromatic rings. The summed E-state index contributed by atoms with van der Waals surface area (Å²) in [5, 5.41) is 0. The van der Waals surface area contributed by atoms with Crippen LogP contribution >= 0.6 is 0 Å². The van der Waals surface area contributed by atoms with E-state index in [4.69, 9.17) is 0 Å². The minimum absolute atomic E-state index is 0.529. The molecule has 2 aromatic carbocycles. The van der Waals surface area contributed by atoms with Crippen molar-refractivity contribution >= 4 is 0 Å². The van der Waals surface area contributed by atoms with E-state index in [2.05, 4.69) is 62.4 Å². The van der Waals surface area contributed by atoms with Crippen molar-refractivity contribution in [2.75, 3.05) is 0 Å². The van der Waals surface area contributed by atoms with Crippen LogP contribution in [0.1, 0.15) is 37.3 Å². The maximum Gasteiger partial charge on any atom is -0.0102 e. The molecule has 1 fully saturated rings. The molecule has 0 heteroatoms. The fourth-order valence-corrected chi connectivity index (χ4v) is 4.09. The number of rotatable bonds is 1. The molecule has 0 heterocycles. The summed E-state index contributed by atoms with van der Waals surface area (Å²) in [6.45, 7) is 4.89. The highest BCUT2D eigenvalue weighted by Gasteiger charge is 2.52. The lowest BCUT2D eigenvalue weighted by Gasteiger charge is -2.57. The fraction of sp³-hybridized carbons (Fsp3) is 0.368. The Hall–Kier alpha value is -1.56. The lowest BCUT2D eigenvalue weighted by atomic mass is 9.47. The summed E-state index contributed by atoms with van der Waals surface area (Å²) in [6, 6.07) is 17.9. The van der Waals surface area contributed by atoms with Crippen molar-refractivity contribution in [3.05, 3.63) is 59.7 Å². The first-order valence-electron chi connectivity index (χ1n) is 7.34. The average Bonchev–Trinajstić information content (AvgIpc) is 2.46. The summed E-state index contributed by atoms with van der Waals surface area (Å²) in [5.41, 5.74) is 6.46. The van der Waals surface area contributed by atoms with E-state index < -0.39 is 0 Å². The third kappa shape index (κ3) is 1.52. The van der Waals surface area contributed by atoms with E-state index in [-0.39, 0.29) is 0 Å². The van der Waals surface area contributed by atoms with Crippen molar-refractivity contribution in [2.24, 2.45) is 11.3 Å². The molecule has 0 unspecified atom stereocenters. The zero-order chi connectivity index (χ0) is 13.0. The van der Waals surface area contributed by atoms with Crippen LogP contribution in [-0.4, -0.2) is 0 Å². The standard InChI is InChI=1S/C19H20/c1-19(2)16-11-15-10-14(13-6-4-3-5-7-13)8-9-17(15)18(19)12-16/h3-10,16,18H,11-12H2,1-2H3/t16-,18-/m0/s1. The fourth-order valence-electron chi connectivity index (χ4n) is 4.09. The third-order valence-corrected chi connectivity index (χ3v) is 5.56. The zero-order valence-electron chi connectivity index (χ0n) is 11.7. The normalized spacial score (nSPS) is 26.4. The van der Waals surface area contributed by atoms with Gasteiger partial charge in [-0.25, -0.2) is 0 Å². The molecule has 0 radical (unpaired) electrons. The van der Waals surface area contributed by atoms with E-state index in [9.17, 15) is 0 Å². The van der Waals surface area contributed by atoms with E-state index >= 15 is 0 Å². The van der Waals surface area contributed by atoms with Gasteiger partial charge < -0.3 is 0 Å². The summed E-state index contributed by atoms with van der Waals surface area (Å²) in [4.78, 5) is 0. The molecular formula is C19H20. The maximum absolute atomic E-state index is 2.44. The van der Waals surface area contributed by atoms with Crippen LogP contribution in [0, 0.1) is 11.3 Å². The molecule has 2 atom stereocenters. The SMILES string of the molecule is CC1(C)[C@H]2Cc3cc(-c4ccccc4)ccc3[C@@H]1C2. The minimum Gasteiger partial charge on any atom is -0.0622 e. The number of hydrogen-bond acceptors (Lipinski definition) is 0. The third-order valence-electron chi connectivity index (χ3n) is 5.56. The summed E-state index contributed by atoms with van der Waals surface area (Å²) < 4.78 is 0. The highest BCUT2D eigenvalue weighted by molar-refractivity contribution is 5.65. The van der Waals surface area contributed by atoms with E-state index in [1.165, 1.54) is 24.0 Å². The van der Waals surface area contributed by atoms with Gasteiger partial charge in [-0.1, -0.05) is 62.4 Å². The first kappa shape index (κ1) is 11.3. The Bertz CT molecular complexity index is 622. The van der Waals surface area contributed by atoms with Crippen molar-refractivity contribution in [2.45, 2.75) is 32.6 Å². The molecule has 19 heavy (non-hydrogen) atoms. The molecule has 3 aliphatic rings. The van der Waals surface area contributed by atoms with Gasteiger partial charge in [0.15, 0.2) is 0 Å². The van der Waals surface area contributed by atoms with Gasteiger partial charge in [0.2, 0.25) is 0 Å². The summed E-state index contributed by atoms with van der Waals surface area (Å²) in [5.74, 6) is 1.70. The molecule has 0 saturated heterocycles. The van der Waals surface area contributed by atoms with Crippen molar-refractivity contribution in [3.8, 4) is 11.1 Å². The van der Waals surface area contributed by atoms with Gasteiger partial charge in [0.1, 0.15) is 0 Å². The Morgan fingerprint density at radius 3 is 2.47 bits per heavy atom. The predicted molar refractivity (Wildman–Crippen MR) is 80.2 cm³/mol. The lowest BCUT2D eigenvalue weighted by Crippen LogP contribution is -2.47. The van der Waals surface area contributed by atoms with Crippen LogP contribution in [0.5, 0.6) is 0 Å². The van der Waals surface area contributed by atoms with Crippen molar-refractivity contribution in [1.29, 1.82) is 0 Å². The van der Waals surface area contributed by atoms with E-state index in [0.29, 0.717) is 5.41 Å². The largest absolute Gasteiger partial charge is 0.0622 e. The number of benzene rings is 2. The van der Waals surface area contributed by atoms with Crippen LogP contribution < -0.4 is 0 Å². The van der Waals surface area contributed by atoms with E-state index in [1.807, 2.05) is 0 Å². The Labute approximate surface area is 115 Å². The molecule has 1 saturated carbocycles. The number of hydrogen-bond donors (Lipinski definition) is 0. The minimum atomic E-state index is 0.529. The van der Waals surface area contributed by atoms with Crippen LogP contribution in [0.3, 0.4) is 0 Å².